The van der Waals surface area contributed by atoms with E-state index < -0.39 is 0 Å². The number of rotatable bonds is 4. The van der Waals surface area contributed by atoms with Crippen molar-refractivity contribution in [1.29, 1.82) is 0 Å². The number of H-pyrrole nitrogens is 1. The highest BCUT2D eigenvalue weighted by molar-refractivity contribution is 5.75. The first-order valence-electron chi connectivity index (χ1n) is 8.78. The summed E-state index contributed by atoms with van der Waals surface area (Å²) >= 11 is 0. The second-order valence-corrected chi connectivity index (χ2v) is 6.69. The number of nitrogens with zero attached hydrogens (tertiary/aromatic N) is 1. The quantitative estimate of drug-likeness (QED) is 0.771. The van der Waals surface area contributed by atoms with Crippen molar-refractivity contribution in [1.82, 2.24) is 14.9 Å². The highest BCUT2D eigenvalue weighted by atomic mass is 16.1. The zero-order chi connectivity index (χ0) is 16.4. The predicted molar refractivity (Wildman–Crippen MR) is 97.1 cm³/mol. The van der Waals surface area contributed by atoms with Crippen LogP contribution in [0.2, 0.25) is 0 Å². The lowest BCUT2D eigenvalue weighted by atomic mass is 9.90. The average molecular weight is 321 g/mol. The molecule has 4 rings (SSSR count). The van der Waals surface area contributed by atoms with Gasteiger partial charge in [-0.2, -0.15) is 0 Å². The van der Waals surface area contributed by atoms with Crippen LogP contribution in [-0.4, -0.2) is 15.6 Å². The molecule has 1 aliphatic rings. The van der Waals surface area contributed by atoms with E-state index in [1.165, 1.54) is 5.56 Å². The van der Waals surface area contributed by atoms with Gasteiger partial charge in [-0.25, -0.2) is 4.79 Å². The van der Waals surface area contributed by atoms with Crippen LogP contribution in [0.15, 0.2) is 59.4 Å². The van der Waals surface area contributed by atoms with Gasteiger partial charge in [-0.15, -0.1) is 0 Å². The summed E-state index contributed by atoms with van der Waals surface area (Å²) in [6.07, 6.45) is 4.33. The van der Waals surface area contributed by atoms with E-state index in [0.29, 0.717) is 12.1 Å². The van der Waals surface area contributed by atoms with Gasteiger partial charge in [0.2, 0.25) is 0 Å². The smallest absolute Gasteiger partial charge is 0.310 e. The van der Waals surface area contributed by atoms with E-state index in [2.05, 4.69) is 34.6 Å². The first-order valence-corrected chi connectivity index (χ1v) is 8.78. The van der Waals surface area contributed by atoms with Crippen molar-refractivity contribution in [2.24, 2.45) is 0 Å². The molecule has 3 aromatic rings. The lowest BCUT2D eigenvalue weighted by molar-refractivity contribution is 0.290. The van der Waals surface area contributed by atoms with Gasteiger partial charge in [0.25, 0.3) is 0 Å². The van der Waals surface area contributed by atoms with Gasteiger partial charge in [-0.05, 0) is 43.4 Å². The van der Waals surface area contributed by atoms with Crippen LogP contribution in [-0.2, 0) is 6.54 Å². The molecule has 0 aliphatic heterocycles. The van der Waals surface area contributed by atoms with Crippen molar-refractivity contribution in [2.45, 2.75) is 44.3 Å². The van der Waals surface area contributed by atoms with E-state index in [0.717, 1.165) is 43.3 Å². The summed E-state index contributed by atoms with van der Waals surface area (Å²) in [6.45, 7) is 0.920. The van der Waals surface area contributed by atoms with Crippen LogP contribution in [0.3, 0.4) is 0 Å². The highest BCUT2D eigenvalue weighted by Gasteiger charge is 2.24. The molecule has 0 bridgehead atoms. The maximum atomic E-state index is 12.3. The molecule has 1 heterocycles. The van der Waals surface area contributed by atoms with Crippen LogP contribution in [0.4, 0.5) is 0 Å². The Morgan fingerprint density at radius 2 is 1.67 bits per heavy atom. The minimum absolute atomic E-state index is 0.0249. The van der Waals surface area contributed by atoms with Crippen molar-refractivity contribution < 1.29 is 0 Å². The van der Waals surface area contributed by atoms with Crippen LogP contribution < -0.4 is 11.0 Å². The number of fused-ring (bicyclic) bond motifs is 1. The molecule has 1 aromatic heterocycles. The predicted octanol–water partition coefficient (Wildman–Crippen LogP) is 3.60. The van der Waals surface area contributed by atoms with E-state index >= 15 is 0 Å². The summed E-state index contributed by atoms with van der Waals surface area (Å²) < 4.78 is 1.96. The summed E-state index contributed by atoms with van der Waals surface area (Å²) in [6, 6.07) is 19.3. The third-order valence-corrected chi connectivity index (χ3v) is 5.12. The number of aromatic nitrogens is 2. The topological polar surface area (TPSA) is 49.8 Å². The van der Waals surface area contributed by atoms with Crippen LogP contribution >= 0.6 is 0 Å². The molecule has 1 fully saturated rings. The van der Waals surface area contributed by atoms with Gasteiger partial charge in [-0.1, -0.05) is 42.5 Å². The lowest BCUT2D eigenvalue weighted by Crippen LogP contribution is -2.35. The molecule has 0 saturated heterocycles. The standard InChI is InChI=1S/C20H23N3O/c24-20-22-18-8-4-5-9-19(18)23(20)17-12-10-16(11-13-17)21-14-15-6-2-1-3-7-15/h1-9,16-17,21H,10-14H2,(H,22,24). The number of aromatic amines is 1. The number of nitrogens with one attached hydrogen (secondary N) is 2. The normalized spacial score (nSPS) is 21.2. The van der Waals surface area contributed by atoms with Gasteiger partial charge >= 0.3 is 5.69 Å². The fraction of sp³-hybridized carbons (Fsp3) is 0.350. The summed E-state index contributed by atoms with van der Waals surface area (Å²) in [5.41, 5.74) is 3.32. The van der Waals surface area contributed by atoms with Crippen molar-refractivity contribution >= 4 is 11.0 Å². The van der Waals surface area contributed by atoms with E-state index in [1.807, 2.05) is 34.9 Å². The fourth-order valence-corrected chi connectivity index (χ4v) is 3.83. The second-order valence-electron chi connectivity index (χ2n) is 6.69. The van der Waals surface area contributed by atoms with Gasteiger partial charge in [0.15, 0.2) is 0 Å². The Morgan fingerprint density at radius 1 is 0.958 bits per heavy atom. The molecular formula is C20H23N3O. The summed E-state index contributed by atoms with van der Waals surface area (Å²) in [5.74, 6) is 0. The Morgan fingerprint density at radius 3 is 2.46 bits per heavy atom. The zero-order valence-electron chi connectivity index (χ0n) is 13.7. The molecule has 124 valence electrons. The maximum Gasteiger partial charge on any atom is 0.326 e. The molecule has 0 atom stereocenters. The largest absolute Gasteiger partial charge is 0.326 e. The molecule has 1 saturated carbocycles. The molecule has 1 aliphatic carbocycles. The van der Waals surface area contributed by atoms with Crippen molar-refractivity contribution in [3.05, 3.63) is 70.6 Å². The van der Waals surface area contributed by atoms with E-state index in [1.54, 1.807) is 0 Å². The monoisotopic (exact) mass is 321 g/mol. The fourth-order valence-electron chi connectivity index (χ4n) is 3.83. The molecular weight excluding hydrogens is 298 g/mol. The Kier molecular flexibility index (Phi) is 4.22. The summed E-state index contributed by atoms with van der Waals surface area (Å²) in [4.78, 5) is 15.3. The molecule has 2 aromatic carbocycles. The number of benzene rings is 2. The SMILES string of the molecule is O=c1[nH]c2ccccc2n1C1CCC(NCc2ccccc2)CC1. The Labute approximate surface area is 141 Å². The average Bonchev–Trinajstić information content (AvgIpc) is 2.97. The molecule has 4 nitrogen and oxygen atoms in total. The van der Waals surface area contributed by atoms with Gasteiger partial charge in [-0.3, -0.25) is 4.57 Å². The highest BCUT2D eigenvalue weighted by Crippen LogP contribution is 2.29. The molecule has 0 unspecified atom stereocenters. The minimum atomic E-state index is 0.0249. The molecule has 24 heavy (non-hydrogen) atoms. The number of imidazole rings is 1. The van der Waals surface area contributed by atoms with E-state index in [-0.39, 0.29) is 5.69 Å². The van der Waals surface area contributed by atoms with Crippen LogP contribution in [0.5, 0.6) is 0 Å². The third kappa shape index (κ3) is 3.02. The second kappa shape index (κ2) is 6.65. The summed E-state index contributed by atoms with van der Waals surface area (Å²) in [7, 11) is 0. The van der Waals surface area contributed by atoms with Gasteiger partial charge < -0.3 is 10.3 Å². The number of hydrogen-bond donors (Lipinski definition) is 2. The molecule has 0 amide bonds. The van der Waals surface area contributed by atoms with Gasteiger partial charge in [0, 0.05) is 18.6 Å². The molecule has 0 radical (unpaired) electrons. The van der Waals surface area contributed by atoms with Gasteiger partial charge in [0.05, 0.1) is 11.0 Å². The first kappa shape index (κ1) is 15.2. The number of hydrogen-bond acceptors (Lipinski definition) is 2. The minimum Gasteiger partial charge on any atom is -0.310 e. The van der Waals surface area contributed by atoms with Crippen LogP contribution in [0.1, 0.15) is 37.3 Å². The Bertz CT molecular complexity index is 857. The third-order valence-electron chi connectivity index (χ3n) is 5.12. The van der Waals surface area contributed by atoms with Crippen LogP contribution in [0, 0.1) is 0 Å². The zero-order valence-corrected chi connectivity index (χ0v) is 13.7. The molecule has 4 heteroatoms. The number of para-hydroxylation sites is 2. The molecule has 0 spiro atoms. The lowest BCUT2D eigenvalue weighted by Gasteiger charge is -2.30. The maximum absolute atomic E-state index is 12.3. The Hall–Kier alpha value is -2.33. The van der Waals surface area contributed by atoms with Crippen molar-refractivity contribution in [3.8, 4) is 0 Å². The van der Waals surface area contributed by atoms with E-state index in [9.17, 15) is 4.79 Å². The van der Waals surface area contributed by atoms with Crippen molar-refractivity contribution in [2.75, 3.05) is 0 Å². The van der Waals surface area contributed by atoms with Crippen molar-refractivity contribution in [3.63, 3.8) is 0 Å². The summed E-state index contributed by atoms with van der Waals surface area (Å²) in [5, 5.41) is 3.66. The molecule has 2 N–H and O–H groups in total. The first-order chi connectivity index (χ1) is 11.8. The van der Waals surface area contributed by atoms with Crippen LogP contribution in [0.25, 0.3) is 11.0 Å². The Balaban J connectivity index is 1.41. The van der Waals surface area contributed by atoms with E-state index in [4.69, 9.17) is 0 Å². The van der Waals surface area contributed by atoms with Gasteiger partial charge in [0.1, 0.15) is 0 Å².